The van der Waals surface area contributed by atoms with Gasteiger partial charge in [-0.2, -0.15) is 0 Å². The van der Waals surface area contributed by atoms with Crippen molar-refractivity contribution in [3.8, 4) is 0 Å². The molecular formula is C14H13BrClNO. The Morgan fingerprint density at radius 1 is 1.39 bits per heavy atom. The van der Waals surface area contributed by atoms with Crippen molar-refractivity contribution < 1.29 is 4.79 Å². The second-order valence-electron chi connectivity index (χ2n) is 5.70. The molecule has 1 aromatic rings. The summed E-state index contributed by atoms with van der Waals surface area (Å²) < 4.78 is 1.09. The number of fused-ring (bicyclic) bond motifs is 3. The van der Waals surface area contributed by atoms with E-state index in [2.05, 4.69) is 33.0 Å². The standard InChI is InChI=1S/C14H13BrClNO/c15-9-1-2-12-8(5-9)3-4-14-6-10(11(16)7-14)13(18)17(12)14/h1-2,5,10-11H,3-4,6-7H2/t10-,11+,14+/m0/s1. The van der Waals surface area contributed by atoms with Gasteiger partial charge in [0.25, 0.3) is 0 Å². The number of alkyl halides is 1. The van der Waals surface area contributed by atoms with Gasteiger partial charge >= 0.3 is 0 Å². The van der Waals surface area contributed by atoms with Gasteiger partial charge in [0.15, 0.2) is 0 Å². The van der Waals surface area contributed by atoms with Crippen molar-refractivity contribution in [1.82, 2.24) is 0 Å². The number of halogens is 2. The van der Waals surface area contributed by atoms with Crippen LogP contribution in [0.2, 0.25) is 0 Å². The predicted octanol–water partition coefficient (Wildman–Crippen LogP) is 3.50. The fourth-order valence-electron chi connectivity index (χ4n) is 3.98. The first kappa shape index (κ1) is 11.3. The number of nitrogens with zero attached hydrogens (tertiary/aromatic N) is 1. The van der Waals surface area contributed by atoms with E-state index in [-0.39, 0.29) is 22.7 Å². The summed E-state index contributed by atoms with van der Waals surface area (Å²) >= 11 is 9.82. The highest BCUT2D eigenvalue weighted by molar-refractivity contribution is 9.10. The molecule has 2 fully saturated rings. The summed E-state index contributed by atoms with van der Waals surface area (Å²) in [4.78, 5) is 14.5. The van der Waals surface area contributed by atoms with Gasteiger partial charge < -0.3 is 4.90 Å². The molecule has 1 amide bonds. The van der Waals surface area contributed by atoms with Crippen LogP contribution in [0.1, 0.15) is 24.8 Å². The fourth-order valence-corrected chi connectivity index (χ4v) is 4.87. The zero-order valence-corrected chi connectivity index (χ0v) is 12.2. The number of rotatable bonds is 0. The molecule has 1 aliphatic carbocycles. The molecule has 18 heavy (non-hydrogen) atoms. The Morgan fingerprint density at radius 3 is 3.06 bits per heavy atom. The largest absolute Gasteiger partial charge is 0.306 e. The second-order valence-corrected chi connectivity index (χ2v) is 7.18. The van der Waals surface area contributed by atoms with Crippen molar-refractivity contribution in [2.75, 3.05) is 4.90 Å². The van der Waals surface area contributed by atoms with E-state index in [9.17, 15) is 4.79 Å². The highest BCUT2D eigenvalue weighted by Gasteiger charge is 2.61. The van der Waals surface area contributed by atoms with E-state index in [1.54, 1.807) is 0 Å². The third-order valence-electron chi connectivity index (χ3n) is 4.77. The maximum atomic E-state index is 12.5. The zero-order valence-electron chi connectivity index (χ0n) is 9.83. The molecule has 0 radical (unpaired) electrons. The van der Waals surface area contributed by atoms with Crippen LogP contribution in [0.3, 0.4) is 0 Å². The number of aryl methyl sites for hydroxylation is 1. The Labute approximate surface area is 119 Å². The summed E-state index contributed by atoms with van der Waals surface area (Å²) in [6.45, 7) is 0. The van der Waals surface area contributed by atoms with Gasteiger partial charge in [0.05, 0.1) is 11.5 Å². The third-order valence-corrected chi connectivity index (χ3v) is 5.72. The molecular weight excluding hydrogens is 314 g/mol. The van der Waals surface area contributed by atoms with Gasteiger partial charge in [0.2, 0.25) is 5.91 Å². The molecule has 1 spiro atoms. The Hall–Kier alpha value is -0.540. The van der Waals surface area contributed by atoms with Crippen molar-refractivity contribution in [2.45, 2.75) is 36.6 Å². The van der Waals surface area contributed by atoms with Crippen LogP contribution >= 0.6 is 27.5 Å². The highest BCUT2D eigenvalue weighted by atomic mass is 79.9. The van der Waals surface area contributed by atoms with Crippen LogP contribution in [-0.2, 0) is 11.2 Å². The average Bonchev–Trinajstić information content (AvgIpc) is 2.80. The van der Waals surface area contributed by atoms with Crippen molar-refractivity contribution in [3.05, 3.63) is 28.2 Å². The average molecular weight is 327 g/mol. The molecule has 0 unspecified atom stereocenters. The van der Waals surface area contributed by atoms with Crippen LogP contribution in [-0.4, -0.2) is 16.8 Å². The monoisotopic (exact) mass is 325 g/mol. The van der Waals surface area contributed by atoms with E-state index < -0.39 is 0 Å². The molecule has 2 aliphatic heterocycles. The van der Waals surface area contributed by atoms with Gasteiger partial charge in [-0.05, 0) is 49.4 Å². The van der Waals surface area contributed by atoms with E-state index in [1.165, 1.54) is 5.56 Å². The topological polar surface area (TPSA) is 20.3 Å². The van der Waals surface area contributed by atoms with Crippen molar-refractivity contribution in [3.63, 3.8) is 0 Å². The highest BCUT2D eigenvalue weighted by Crippen LogP contribution is 2.56. The minimum absolute atomic E-state index is 0.0228. The number of anilines is 1. The van der Waals surface area contributed by atoms with E-state index in [0.29, 0.717) is 0 Å². The van der Waals surface area contributed by atoms with Crippen LogP contribution in [0.25, 0.3) is 0 Å². The van der Waals surface area contributed by atoms with Gasteiger partial charge in [-0.15, -0.1) is 11.6 Å². The molecule has 0 aromatic heterocycles. The summed E-state index contributed by atoms with van der Waals surface area (Å²) in [5, 5.41) is 0.0470. The van der Waals surface area contributed by atoms with Crippen LogP contribution < -0.4 is 4.90 Å². The Balaban J connectivity index is 1.87. The lowest BCUT2D eigenvalue weighted by atomic mass is 9.84. The molecule has 3 atom stereocenters. The lowest BCUT2D eigenvalue weighted by Crippen LogP contribution is -2.52. The number of carbonyl (C=O) groups is 1. The Bertz CT molecular complexity index is 561. The van der Waals surface area contributed by atoms with Crippen molar-refractivity contribution in [1.29, 1.82) is 0 Å². The summed E-state index contributed by atoms with van der Waals surface area (Å²) in [5.74, 6) is 0.283. The van der Waals surface area contributed by atoms with E-state index in [1.807, 2.05) is 6.07 Å². The van der Waals surface area contributed by atoms with E-state index >= 15 is 0 Å². The molecule has 2 bridgehead atoms. The number of carbonyl (C=O) groups excluding carboxylic acids is 1. The lowest BCUT2D eigenvalue weighted by Gasteiger charge is -2.44. The molecule has 2 heterocycles. The summed E-state index contributed by atoms with van der Waals surface area (Å²) in [7, 11) is 0. The minimum Gasteiger partial charge on any atom is -0.306 e. The normalized spacial score (nSPS) is 36.8. The fraction of sp³-hybridized carbons (Fsp3) is 0.500. The predicted molar refractivity (Wildman–Crippen MR) is 75.0 cm³/mol. The van der Waals surface area contributed by atoms with Crippen LogP contribution in [0.5, 0.6) is 0 Å². The number of amides is 1. The number of hydrogen-bond donors (Lipinski definition) is 0. The maximum Gasteiger partial charge on any atom is 0.232 e. The van der Waals surface area contributed by atoms with Crippen LogP contribution in [0.4, 0.5) is 5.69 Å². The van der Waals surface area contributed by atoms with Crippen molar-refractivity contribution in [2.24, 2.45) is 5.92 Å². The summed E-state index contributed by atoms with van der Waals surface area (Å²) in [6.07, 6.45) is 4.02. The molecule has 2 nitrogen and oxygen atoms in total. The molecule has 3 aliphatic rings. The molecule has 4 rings (SSSR count). The first-order valence-electron chi connectivity index (χ1n) is 6.37. The molecule has 94 valence electrons. The van der Waals surface area contributed by atoms with Crippen LogP contribution in [0, 0.1) is 5.92 Å². The number of benzene rings is 1. The molecule has 1 saturated carbocycles. The van der Waals surface area contributed by atoms with Gasteiger partial charge in [-0.1, -0.05) is 15.9 Å². The molecule has 1 aromatic carbocycles. The first-order valence-corrected chi connectivity index (χ1v) is 7.60. The molecule has 0 N–H and O–H groups in total. The van der Waals surface area contributed by atoms with Gasteiger partial charge in [0.1, 0.15) is 0 Å². The SMILES string of the molecule is O=C1[C@H]2C[C@]3(CCc4cc(Br)ccc4N13)C[C@H]2Cl. The number of hydrogen-bond acceptors (Lipinski definition) is 1. The minimum atomic E-state index is 0.0228. The third kappa shape index (κ3) is 1.27. The second kappa shape index (κ2) is 3.51. The zero-order chi connectivity index (χ0) is 12.5. The summed E-state index contributed by atoms with van der Waals surface area (Å²) in [6, 6.07) is 6.23. The molecule has 4 heteroatoms. The summed E-state index contributed by atoms with van der Waals surface area (Å²) in [5.41, 5.74) is 2.41. The lowest BCUT2D eigenvalue weighted by molar-refractivity contribution is -0.121. The Kier molecular flexibility index (Phi) is 2.21. The first-order chi connectivity index (χ1) is 8.61. The number of piperidine rings is 1. The maximum absolute atomic E-state index is 12.5. The van der Waals surface area contributed by atoms with E-state index in [0.717, 1.165) is 35.8 Å². The van der Waals surface area contributed by atoms with Crippen molar-refractivity contribution >= 4 is 39.1 Å². The van der Waals surface area contributed by atoms with E-state index in [4.69, 9.17) is 11.6 Å². The smallest absolute Gasteiger partial charge is 0.232 e. The Morgan fingerprint density at radius 2 is 2.22 bits per heavy atom. The quantitative estimate of drug-likeness (QED) is 0.668. The van der Waals surface area contributed by atoms with Gasteiger partial charge in [-0.3, -0.25) is 4.79 Å². The van der Waals surface area contributed by atoms with Gasteiger partial charge in [-0.25, -0.2) is 0 Å². The van der Waals surface area contributed by atoms with Crippen LogP contribution in [0.15, 0.2) is 22.7 Å². The molecule has 1 saturated heterocycles. The van der Waals surface area contributed by atoms with Gasteiger partial charge in [0, 0.05) is 15.5 Å².